The molecular weight excluding hydrogens is 362 g/mol. The van der Waals surface area contributed by atoms with Crippen LogP contribution in [-0.4, -0.2) is 36.7 Å². The van der Waals surface area contributed by atoms with E-state index < -0.39 is 11.4 Å². The van der Waals surface area contributed by atoms with Gasteiger partial charge in [0.2, 0.25) is 5.91 Å². The molecule has 1 aromatic carbocycles. The molecule has 1 saturated heterocycles. The molecule has 0 aliphatic carbocycles. The number of carboxylic acids is 1. The predicted octanol–water partition coefficient (Wildman–Crippen LogP) is 2.72. The lowest BCUT2D eigenvalue weighted by atomic mass is 9.73. The van der Waals surface area contributed by atoms with Crippen LogP contribution in [0, 0.1) is 5.92 Å². The average Bonchev–Trinajstić information content (AvgIpc) is 2.53. The summed E-state index contributed by atoms with van der Waals surface area (Å²) in [5, 5.41) is 11.8. The van der Waals surface area contributed by atoms with E-state index in [2.05, 4.69) is 21.2 Å². The summed E-state index contributed by atoms with van der Waals surface area (Å²) in [6, 6.07) is 7.81. The maximum Gasteiger partial charge on any atom is 0.303 e. The second-order valence-electron chi connectivity index (χ2n) is 6.11. The van der Waals surface area contributed by atoms with Gasteiger partial charge in [0, 0.05) is 30.7 Å². The van der Waals surface area contributed by atoms with Gasteiger partial charge in [-0.3, -0.25) is 9.59 Å². The van der Waals surface area contributed by atoms with Crippen LogP contribution >= 0.6 is 15.9 Å². The minimum Gasteiger partial charge on any atom is -0.481 e. The van der Waals surface area contributed by atoms with E-state index in [1.807, 2.05) is 31.2 Å². The average molecular weight is 384 g/mol. The highest BCUT2D eigenvalue weighted by Gasteiger charge is 2.41. The summed E-state index contributed by atoms with van der Waals surface area (Å²) in [7, 11) is 0. The maximum atomic E-state index is 12.9. The van der Waals surface area contributed by atoms with Gasteiger partial charge in [-0.2, -0.15) is 0 Å². The second kappa shape index (κ2) is 7.93. The first-order valence-electron chi connectivity index (χ1n) is 7.78. The van der Waals surface area contributed by atoms with Gasteiger partial charge in [-0.15, -0.1) is 0 Å². The zero-order valence-electron chi connectivity index (χ0n) is 13.2. The summed E-state index contributed by atoms with van der Waals surface area (Å²) in [6.07, 6.45) is 1.32. The van der Waals surface area contributed by atoms with Crippen LogP contribution in [0.1, 0.15) is 31.7 Å². The summed E-state index contributed by atoms with van der Waals surface area (Å²) in [4.78, 5) is 23.6. The van der Waals surface area contributed by atoms with E-state index in [4.69, 9.17) is 9.84 Å². The highest BCUT2D eigenvalue weighted by molar-refractivity contribution is 9.10. The smallest absolute Gasteiger partial charge is 0.303 e. The minimum absolute atomic E-state index is 0.0413. The van der Waals surface area contributed by atoms with Gasteiger partial charge in [-0.1, -0.05) is 35.0 Å². The molecule has 0 bridgehead atoms. The van der Waals surface area contributed by atoms with Crippen LogP contribution < -0.4 is 5.32 Å². The molecule has 0 aromatic heterocycles. The van der Waals surface area contributed by atoms with Crippen molar-refractivity contribution in [3.8, 4) is 0 Å². The predicted molar refractivity (Wildman–Crippen MR) is 90.3 cm³/mol. The Morgan fingerprint density at radius 2 is 1.91 bits per heavy atom. The highest BCUT2D eigenvalue weighted by atomic mass is 79.9. The van der Waals surface area contributed by atoms with Crippen molar-refractivity contribution in [1.29, 1.82) is 0 Å². The van der Waals surface area contributed by atoms with E-state index in [9.17, 15) is 9.59 Å². The van der Waals surface area contributed by atoms with Crippen LogP contribution in [0.15, 0.2) is 28.7 Å². The number of aliphatic carboxylic acids is 1. The molecule has 0 spiro atoms. The summed E-state index contributed by atoms with van der Waals surface area (Å²) in [5.41, 5.74) is 0.384. The molecule has 1 fully saturated rings. The van der Waals surface area contributed by atoms with Crippen LogP contribution in [-0.2, 0) is 19.7 Å². The fourth-order valence-corrected chi connectivity index (χ4v) is 3.21. The van der Waals surface area contributed by atoms with Crippen LogP contribution in [0.25, 0.3) is 0 Å². The van der Waals surface area contributed by atoms with Gasteiger partial charge in [-0.25, -0.2) is 0 Å². The molecular formula is C17H22BrNO4. The number of hydrogen-bond donors (Lipinski definition) is 2. The maximum absolute atomic E-state index is 12.9. The molecule has 0 radical (unpaired) electrons. The van der Waals surface area contributed by atoms with E-state index in [-0.39, 0.29) is 18.2 Å². The Bertz CT molecular complexity index is 552. The van der Waals surface area contributed by atoms with Crippen molar-refractivity contribution in [3.05, 3.63) is 34.3 Å². The van der Waals surface area contributed by atoms with Gasteiger partial charge in [0.1, 0.15) is 0 Å². The quantitative estimate of drug-likeness (QED) is 0.791. The first kappa shape index (κ1) is 17.9. The molecule has 1 aliphatic heterocycles. The summed E-state index contributed by atoms with van der Waals surface area (Å²) < 4.78 is 6.40. The topological polar surface area (TPSA) is 75.6 Å². The standard InChI is InChI=1S/C17H22BrNO4/c1-12(10-15(20)21)11-19-16(22)17(6-8-23-9-7-17)13-2-4-14(18)5-3-13/h2-5,12H,6-11H2,1H3,(H,19,22)(H,20,21). The van der Waals surface area contributed by atoms with Gasteiger partial charge in [0.15, 0.2) is 0 Å². The molecule has 1 heterocycles. The third-order valence-corrected chi connectivity index (χ3v) is 4.84. The molecule has 1 aliphatic rings. The molecule has 0 saturated carbocycles. The van der Waals surface area contributed by atoms with Crippen LogP contribution in [0.5, 0.6) is 0 Å². The number of carbonyl (C=O) groups excluding carboxylic acids is 1. The Balaban J connectivity index is 2.12. The molecule has 2 rings (SSSR count). The fourth-order valence-electron chi connectivity index (χ4n) is 2.94. The van der Waals surface area contributed by atoms with E-state index in [0.717, 1.165) is 10.0 Å². The summed E-state index contributed by atoms with van der Waals surface area (Å²) in [6.45, 7) is 3.29. The lowest BCUT2D eigenvalue weighted by molar-refractivity contribution is -0.138. The molecule has 1 unspecified atom stereocenters. The van der Waals surface area contributed by atoms with Crippen molar-refractivity contribution in [2.75, 3.05) is 19.8 Å². The number of halogens is 1. The van der Waals surface area contributed by atoms with E-state index in [1.54, 1.807) is 0 Å². The largest absolute Gasteiger partial charge is 0.481 e. The van der Waals surface area contributed by atoms with Crippen molar-refractivity contribution in [3.63, 3.8) is 0 Å². The van der Waals surface area contributed by atoms with Crippen LogP contribution in [0.4, 0.5) is 0 Å². The number of ether oxygens (including phenoxy) is 1. The molecule has 2 N–H and O–H groups in total. The number of hydrogen-bond acceptors (Lipinski definition) is 3. The van der Waals surface area contributed by atoms with Crippen molar-refractivity contribution < 1.29 is 19.4 Å². The third-order valence-electron chi connectivity index (χ3n) is 4.31. The third kappa shape index (κ3) is 4.54. The van der Waals surface area contributed by atoms with Gasteiger partial charge in [0.05, 0.1) is 5.41 Å². The van der Waals surface area contributed by atoms with Gasteiger partial charge in [0.25, 0.3) is 0 Å². The number of carbonyl (C=O) groups is 2. The number of benzene rings is 1. The Morgan fingerprint density at radius 3 is 2.48 bits per heavy atom. The Hall–Kier alpha value is -1.40. The molecule has 1 aromatic rings. The van der Waals surface area contributed by atoms with E-state index in [0.29, 0.717) is 32.6 Å². The van der Waals surface area contributed by atoms with E-state index in [1.165, 1.54) is 0 Å². The summed E-state index contributed by atoms with van der Waals surface area (Å²) in [5.74, 6) is -0.987. The molecule has 5 nitrogen and oxygen atoms in total. The zero-order chi connectivity index (χ0) is 16.9. The lowest BCUT2D eigenvalue weighted by Gasteiger charge is -2.36. The molecule has 6 heteroatoms. The zero-order valence-corrected chi connectivity index (χ0v) is 14.8. The number of nitrogens with one attached hydrogen (secondary N) is 1. The normalized spacial score (nSPS) is 18.2. The minimum atomic E-state index is -0.847. The molecule has 126 valence electrons. The van der Waals surface area contributed by atoms with Crippen molar-refractivity contribution >= 4 is 27.8 Å². The second-order valence-corrected chi connectivity index (χ2v) is 7.03. The first-order valence-corrected chi connectivity index (χ1v) is 8.57. The van der Waals surface area contributed by atoms with Crippen molar-refractivity contribution in [2.24, 2.45) is 5.92 Å². The number of carboxylic acid groups (broad SMARTS) is 1. The van der Waals surface area contributed by atoms with Gasteiger partial charge in [-0.05, 0) is 36.5 Å². The van der Waals surface area contributed by atoms with Gasteiger partial charge < -0.3 is 15.2 Å². The fraction of sp³-hybridized carbons (Fsp3) is 0.529. The number of amides is 1. The number of rotatable bonds is 6. The molecule has 23 heavy (non-hydrogen) atoms. The first-order chi connectivity index (χ1) is 10.9. The van der Waals surface area contributed by atoms with Crippen molar-refractivity contribution in [2.45, 2.75) is 31.6 Å². The highest BCUT2D eigenvalue weighted by Crippen LogP contribution is 2.35. The Morgan fingerprint density at radius 1 is 1.30 bits per heavy atom. The lowest BCUT2D eigenvalue weighted by Crippen LogP contribution is -2.49. The van der Waals surface area contributed by atoms with Crippen LogP contribution in [0.2, 0.25) is 0 Å². The monoisotopic (exact) mass is 383 g/mol. The summed E-state index contributed by atoms with van der Waals surface area (Å²) >= 11 is 3.42. The van der Waals surface area contributed by atoms with Gasteiger partial charge >= 0.3 is 5.97 Å². The molecule has 1 atom stereocenters. The SMILES string of the molecule is CC(CNC(=O)C1(c2ccc(Br)cc2)CCOCC1)CC(=O)O. The Kier molecular flexibility index (Phi) is 6.18. The van der Waals surface area contributed by atoms with Crippen LogP contribution in [0.3, 0.4) is 0 Å². The van der Waals surface area contributed by atoms with E-state index >= 15 is 0 Å². The molecule has 1 amide bonds. The van der Waals surface area contributed by atoms with Crippen molar-refractivity contribution in [1.82, 2.24) is 5.32 Å². The Labute approximate surface area is 144 Å².